The molecular weight excluding hydrogens is 624 g/mol. The van der Waals surface area contributed by atoms with Gasteiger partial charge in [-0.05, 0) is 55.8 Å². The first-order valence-electron chi connectivity index (χ1n) is 13.9. The molecule has 0 heterocycles. The number of halogens is 3. The Morgan fingerprint density at radius 1 is 0.909 bits per heavy atom. The summed E-state index contributed by atoms with van der Waals surface area (Å²) in [5.41, 5.74) is 1.75. The minimum atomic E-state index is -4.37. The maximum Gasteiger partial charge on any atom is 0.264 e. The van der Waals surface area contributed by atoms with Gasteiger partial charge >= 0.3 is 0 Å². The van der Waals surface area contributed by atoms with Crippen molar-refractivity contribution in [3.8, 4) is 0 Å². The lowest BCUT2D eigenvalue weighted by Crippen LogP contribution is -2.53. The molecule has 0 aromatic heterocycles. The largest absolute Gasteiger partial charge is 0.355 e. The van der Waals surface area contributed by atoms with Crippen LogP contribution in [0.15, 0.2) is 102 Å². The van der Waals surface area contributed by atoms with Crippen molar-refractivity contribution in [2.75, 3.05) is 17.4 Å². The number of hydrogen-bond donors (Lipinski definition) is 1. The molecule has 0 aliphatic rings. The summed E-state index contributed by atoms with van der Waals surface area (Å²) in [6.45, 7) is 2.83. The van der Waals surface area contributed by atoms with Gasteiger partial charge in [0.1, 0.15) is 18.4 Å². The maximum atomic E-state index is 14.9. The Morgan fingerprint density at radius 3 is 2.23 bits per heavy atom. The van der Waals surface area contributed by atoms with Crippen LogP contribution in [0.25, 0.3) is 0 Å². The number of benzene rings is 4. The Morgan fingerprint density at radius 2 is 1.57 bits per heavy atom. The fourth-order valence-corrected chi connectivity index (χ4v) is 6.54. The van der Waals surface area contributed by atoms with E-state index in [-0.39, 0.29) is 45.7 Å². The van der Waals surface area contributed by atoms with Crippen molar-refractivity contribution in [1.29, 1.82) is 0 Å². The first-order valence-corrected chi connectivity index (χ1v) is 16.1. The summed E-state index contributed by atoms with van der Waals surface area (Å²) in [7, 11) is -4.37. The summed E-state index contributed by atoms with van der Waals surface area (Å²) in [5.74, 6) is -1.77. The molecule has 44 heavy (non-hydrogen) atoms. The molecule has 1 N–H and O–H groups in total. The first kappa shape index (κ1) is 33.0. The van der Waals surface area contributed by atoms with Crippen molar-refractivity contribution < 1.29 is 22.4 Å². The van der Waals surface area contributed by atoms with Crippen LogP contribution in [0.4, 0.5) is 10.1 Å². The zero-order chi connectivity index (χ0) is 31.9. The van der Waals surface area contributed by atoms with E-state index in [2.05, 4.69) is 5.32 Å². The Balaban J connectivity index is 1.83. The molecule has 11 heteroatoms. The van der Waals surface area contributed by atoms with E-state index in [0.717, 1.165) is 15.4 Å². The topological polar surface area (TPSA) is 86.8 Å². The van der Waals surface area contributed by atoms with E-state index in [1.165, 1.54) is 53.4 Å². The standard InChI is InChI=1S/C33H32Cl2FN3O4S/c1-3-37-33(41)31(19-24-9-5-4-6-10-24)38(21-25-11-7-8-12-29(25)36)32(40)22-39(30-20-26(34)15-18-28(30)35)44(42,43)27-16-13-23(2)14-17-27/h4-18,20,31H,3,19,21-22H2,1-2H3,(H,37,41)/t31-/m0/s1. The molecule has 2 amide bonds. The molecule has 4 rings (SSSR count). The summed E-state index contributed by atoms with van der Waals surface area (Å²) < 4.78 is 44.0. The Bertz CT molecular complexity index is 1720. The number of anilines is 1. The summed E-state index contributed by atoms with van der Waals surface area (Å²) in [4.78, 5) is 29.0. The lowest BCUT2D eigenvalue weighted by Gasteiger charge is -2.34. The van der Waals surface area contributed by atoms with Gasteiger partial charge in [-0.1, -0.05) is 89.4 Å². The molecule has 0 fully saturated rings. The SMILES string of the molecule is CCNC(=O)[C@H](Cc1ccccc1)N(Cc1ccccc1F)C(=O)CN(c1cc(Cl)ccc1Cl)S(=O)(=O)c1ccc(C)cc1. The highest BCUT2D eigenvalue weighted by Crippen LogP contribution is 2.33. The van der Waals surface area contributed by atoms with Gasteiger partial charge in [0, 0.05) is 30.1 Å². The van der Waals surface area contributed by atoms with Crippen molar-refractivity contribution in [3.63, 3.8) is 0 Å². The van der Waals surface area contributed by atoms with Gasteiger partial charge in [0.15, 0.2) is 0 Å². The third-order valence-electron chi connectivity index (χ3n) is 6.99. The van der Waals surface area contributed by atoms with Crippen LogP contribution in [0, 0.1) is 12.7 Å². The van der Waals surface area contributed by atoms with Gasteiger partial charge in [-0.25, -0.2) is 12.8 Å². The van der Waals surface area contributed by atoms with Gasteiger partial charge in [-0.2, -0.15) is 0 Å². The van der Waals surface area contributed by atoms with E-state index < -0.39 is 40.2 Å². The van der Waals surface area contributed by atoms with Crippen molar-refractivity contribution in [3.05, 3.63) is 130 Å². The van der Waals surface area contributed by atoms with Gasteiger partial charge in [-0.15, -0.1) is 0 Å². The number of nitrogens with one attached hydrogen (secondary N) is 1. The number of hydrogen-bond acceptors (Lipinski definition) is 4. The van der Waals surface area contributed by atoms with Crippen molar-refractivity contribution in [1.82, 2.24) is 10.2 Å². The minimum absolute atomic E-state index is 0.0171. The van der Waals surface area contributed by atoms with Crippen LogP contribution < -0.4 is 9.62 Å². The van der Waals surface area contributed by atoms with Gasteiger partial charge in [0.05, 0.1) is 15.6 Å². The molecule has 0 unspecified atom stereocenters. The second kappa shape index (κ2) is 14.7. The average Bonchev–Trinajstić information content (AvgIpc) is 3.00. The smallest absolute Gasteiger partial charge is 0.264 e. The van der Waals surface area contributed by atoms with Crippen LogP contribution in [0.1, 0.15) is 23.6 Å². The quantitative estimate of drug-likeness (QED) is 0.191. The lowest BCUT2D eigenvalue weighted by molar-refractivity contribution is -0.140. The summed E-state index contributed by atoms with van der Waals surface area (Å²) in [6.07, 6.45) is 0.107. The molecule has 0 aliphatic carbocycles. The molecule has 0 saturated carbocycles. The van der Waals surface area contributed by atoms with E-state index in [4.69, 9.17) is 23.2 Å². The van der Waals surface area contributed by atoms with Crippen LogP contribution in [-0.4, -0.2) is 44.3 Å². The van der Waals surface area contributed by atoms with E-state index in [1.807, 2.05) is 37.3 Å². The predicted octanol–water partition coefficient (Wildman–Crippen LogP) is 6.41. The summed E-state index contributed by atoms with van der Waals surface area (Å²) >= 11 is 12.7. The monoisotopic (exact) mass is 655 g/mol. The number of amides is 2. The molecule has 4 aromatic rings. The zero-order valence-corrected chi connectivity index (χ0v) is 26.5. The van der Waals surface area contributed by atoms with Crippen molar-refractivity contribution in [2.24, 2.45) is 0 Å². The van der Waals surface area contributed by atoms with Gasteiger partial charge in [-0.3, -0.25) is 13.9 Å². The molecule has 1 atom stereocenters. The Hall–Kier alpha value is -3.92. The summed E-state index contributed by atoms with van der Waals surface area (Å²) in [6, 6.07) is 24.4. The second-order valence-electron chi connectivity index (χ2n) is 10.1. The molecule has 4 aromatic carbocycles. The average molecular weight is 657 g/mol. The number of rotatable bonds is 12. The van der Waals surface area contributed by atoms with E-state index in [1.54, 1.807) is 25.1 Å². The molecule has 0 saturated heterocycles. The Labute approximate surface area is 267 Å². The second-order valence-corrected chi connectivity index (χ2v) is 12.8. The van der Waals surface area contributed by atoms with Crippen molar-refractivity contribution in [2.45, 2.75) is 37.8 Å². The third kappa shape index (κ3) is 7.96. The van der Waals surface area contributed by atoms with Crippen LogP contribution in [-0.2, 0) is 32.6 Å². The number of sulfonamides is 1. The van der Waals surface area contributed by atoms with Crippen molar-refractivity contribution >= 4 is 50.7 Å². The molecule has 7 nitrogen and oxygen atoms in total. The molecular formula is C33H32Cl2FN3O4S. The Kier molecular flexibility index (Phi) is 11.0. The molecule has 230 valence electrons. The third-order valence-corrected chi connectivity index (χ3v) is 9.31. The number of nitrogens with zero attached hydrogens (tertiary/aromatic N) is 2. The van der Waals surface area contributed by atoms with Crippen LogP contribution in [0.3, 0.4) is 0 Å². The molecule has 0 aliphatic heterocycles. The number of carbonyl (C=O) groups excluding carboxylic acids is 2. The summed E-state index contributed by atoms with van der Waals surface area (Å²) in [5, 5.41) is 3.01. The number of carbonyl (C=O) groups is 2. The zero-order valence-electron chi connectivity index (χ0n) is 24.2. The highest BCUT2D eigenvalue weighted by atomic mass is 35.5. The van der Waals surface area contributed by atoms with Gasteiger partial charge in [0.25, 0.3) is 10.0 Å². The fourth-order valence-electron chi connectivity index (χ4n) is 4.68. The molecule has 0 spiro atoms. The van der Waals surface area contributed by atoms with Gasteiger partial charge in [0.2, 0.25) is 11.8 Å². The van der Waals surface area contributed by atoms with Crippen LogP contribution in [0.2, 0.25) is 10.0 Å². The maximum absolute atomic E-state index is 14.9. The van der Waals surface area contributed by atoms with E-state index in [0.29, 0.717) is 0 Å². The number of aryl methyl sites for hydroxylation is 1. The first-order chi connectivity index (χ1) is 21.0. The van der Waals surface area contributed by atoms with Gasteiger partial charge < -0.3 is 10.2 Å². The molecule has 0 bridgehead atoms. The lowest BCUT2D eigenvalue weighted by atomic mass is 10.0. The highest BCUT2D eigenvalue weighted by molar-refractivity contribution is 7.92. The predicted molar refractivity (Wildman–Crippen MR) is 172 cm³/mol. The van der Waals surface area contributed by atoms with Crippen LogP contribution in [0.5, 0.6) is 0 Å². The fraction of sp³-hybridized carbons (Fsp3) is 0.212. The van der Waals surface area contributed by atoms with Crippen LogP contribution >= 0.6 is 23.2 Å². The van der Waals surface area contributed by atoms with E-state index in [9.17, 15) is 22.4 Å². The minimum Gasteiger partial charge on any atom is -0.355 e. The normalized spacial score (nSPS) is 11.9. The van der Waals surface area contributed by atoms with E-state index >= 15 is 0 Å². The molecule has 0 radical (unpaired) electrons. The number of likely N-dealkylation sites (N-methyl/N-ethyl adjacent to an activating group) is 1. The highest BCUT2D eigenvalue weighted by Gasteiger charge is 2.35.